The molecule has 0 radical (unpaired) electrons. The van der Waals surface area contributed by atoms with Crippen molar-refractivity contribution in [1.82, 2.24) is 10.3 Å². The number of benzene rings is 1. The van der Waals surface area contributed by atoms with Gasteiger partial charge in [0.25, 0.3) is 0 Å². The zero-order valence-corrected chi connectivity index (χ0v) is 14.9. The molecule has 4 heteroatoms. The fraction of sp³-hybridized carbons (Fsp3) is 0.438. The van der Waals surface area contributed by atoms with E-state index in [1.54, 1.807) is 0 Å². The minimum Gasteiger partial charge on any atom is -0.315 e. The van der Waals surface area contributed by atoms with Crippen LogP contribution in [0.3, 0.4) is 0 Å². The van der Waals surface area contributed by atoms with Crippen molar-refractivity contribution in [2.24, 2.45) is 0 Å². The molecule has 0 spiro atoms. The van der Waals surface area contributed by atoms with Crippen LogP contribution in [0.1, 0.15) is 41.9 Å². The van der Waals surface area contributed by atoms with Gasteiger partial charge < -0.3 is 5.32 Å². The lowest BCUT2D eigenvalue weighted by atomic mass is 9.91. The average Bonchev–Trinajstić information content (AvgIpc) is 2.75. The lowest BCUT2D eigenvalue weighted by Gasteiger charge is -2.17. The van der Waals surface area contributed by atoms with Crippen LogP contribution in [-0.2, 0) is 18.4 Å². The number of halogens is 1. The first-order valence-corrected chi connectivity index (χ1v) is 8.39. The van der Waals surface area contributed by atoms with E-state index in [1.165, 1.54) is 21.1 Å². The Morgan fingerprint density at radius 3 is 2.40 bits per heavy atom. The van der Waals surface area contributed by atoms with E-state index >= 15 is 0 Å². The number of hydrogen-bond donors (Lipinski definition) is 1. The SMILES string of the molecule is CNCc1sc(Cc2ccc(Br)cc2)nc1C(C)(C)C. The van der Waals surface area contributed by atoms with E-state index in [1.807, 2.05) is 18.4 Å². The summed E-state index contributed by atoms with van der Waals surface area (Å²) in [6.45, 7) is 7.57. The first-order valence-electron chi connectivity index (χ1n) is 6.78. The molecule has 1 heterocycles. The molecule has 0 aliphatic rings. The Balaban J connectivity index is 2.26. The summed E-state index contributed by atoms with van der Waals surface area (Å²) in [7, 11) is 1.99. The Bertz CT molecular complexity index is 567. The predicted octanol–water partition coefficient (Wildman–Crippen LogP) is 4.51. The molecule has 1 N–H and O–H groups in total. The Morgan fingerprint density at radius 2 is 1.85 bits per heavy atom. The molecule has 0 saturated carbocycles. The van der Waals surface area contributed by atoms with Crippen LogP contribution >= 0.6 is 27.3 Å². The second-order valence-corrected chi connectivity index (χ2v) is 8.05. The fourth-order valence-electron chi connectivity index (χ4n) is 2.12. The van der Waals surface area contributed by atoms with Gasteiger partial charge in [0.1, 0.15) is 0 Å². The number of hydrogen-bond acceptors (Lipinski definition) is 3. The summed E-state index contributed by atoms with van der Waals surface area (Å²) in [6.07, 6.45) is 0.907. The van der Waals surface area contributed by atoms with E-state index in [-0.39, 0.29) is 5.41 Å². The average molecular weight is 353 g/mol. The van der Waals surface area contributed by atoms with Gasteiger partial charge in [0.05, 0.1) is 10.7 Å². The van der Waals surface area contributed by atoms with Gasteiger partial charge in [-0.25, -0.2) is 4.98 Å². The Morgan fingerprint density at radius 1 is 1.20 bits per heavy atom. The molecular formula is C16H21BrN2S. The van der Waals surface area contributed by atoms with Crippen LogP contribution in [0.5, 0.6) is 0 Å². The highest BCUT2D eigenvalue weighted by Crippen LogP contribution is 2.30. The lowest BCUT2D eigenvalue weighted by molar-refractivity contribution is 0.561. The van der Waals surface area contributed by atoms with Crippen molar-refractivity contribution in [3.8, 4) is 0 Å². The van der Waals surface area contributed by atoms with Crippen LogP contribution in [0.2, 0.25) is 0 Å². The van der Waals surface area contributed by atoms with Crippen LogP contribution in [0.4, 0.5) is 0 Å². The van der Waals surface area contributed by atoms with Crippen LogP contribution in [0.25, 0.3) is 0 Å². The second kappa shape index (κ2) is 6.37. The zero-order chi connectivity index (χ0) is 14.8. The van der Waals surface area contributed by atoms with Crippen LogP contribution in [0.15, 0.2) is 28.7 Å². The van der Waals surface area contributed by atoms with Gasteiger partial charge in [0.2, 0.25) is 0 Å². The van der Waals surface area contributed by atoms with E-state index in [9.17, 15) is 0 Å². The van der Waals surface area contributed by atoms with Crippen LogP contribution < -0.4 is 5.32 Å². The maximum absolute atomic E-state index is 4.88. The van der Waals surface area contributed by atoms with Gasteiger partial charge in [-0.05, 0) is 24.7 Å². The third-order valence-electron chi connectivity index (χ3n) is 3.06. The molecule has 2 aromatic rings. The molecule has 108 valence electrons. The van der Waals surface area contributed by atoms with Gasteiger partial charge in [-0.2, -0.15) is 0 Å². The van der Waals surface area contributed by atoms with Crippen molar-refractivity contribution in [3.05, 3.63) is 49.9 Å². The van der Waals surface area contributed by atoms with Gasteiger partial charge in [0.15, 0.2) is 0 Å². The van der Waals surface area contributed by atoms with E-state index < -0.39 is 0 Å². The van der Waals surface area contributed by atoms with Gasteiger partial charge in [0, 0.05) is 27.7 Å². The van der Waals surface area contributed by atoms with Gasteiger partial charge in [-0.15, -0.1) is 11.3 Å². The summed E-state index contributed by atoms with van der Waals surface area (Å²) in [4.78, 5) is 6.24. The van der Waals surface area contributed by atoms with E-state index in [4.69, 9.17) is 4.98 Å². The monoisotopic (exact) mass is 352 g/mol. The molecule has 0 aliphatic heterocycles. The molecule has 0 saturated heterocycles. The highest BCUT2D eigenvalue weighted by atomic mass is 79.9. The smallest absolute Gasteiger partial charge is 0.0975 e. The fourth-order valence-corrected chi connectivity index (χ4v) is 3.71. The lowest BCUT2D eigenvalue weighted by Crippen LogP contribution is -2.16. The quantitative estimate of drug-likeness (QED) is 0.875. The third-order valence-corrected chi connectivity index (χ3v) is 4.64. The summed E-state index contributed by atoms with van der Waals surface area (Å²) in [6, 6.07) is 8.48. The molecule has 0 unspecified atom stereocenters. The topological polar surface area (TPSA) is 24.9 Å². The van der Waals surface area contributed by atoms with Gasteiger partial charge in [-0.3, -0.25) is 0 Å². The van der Waals surface area contributed by atoms with Crippen molar-refractivity contribution in [2.45, 2.75) is 39.2 Å². The molecule has 1 aromatic carbocycles. The summed E-state index contributed by atoms with van der Waals surface area (Å²) < 4.78 is 1.12. The van der Waals surface area contributed by atoms with Gasteiger partial charge >= 0.3 is 0 Å². The molecule has 0 amide bonds. The number of aromatic nitrogens is 1. The minimum absolute atomic E-state index is 0.0979. The molecule has 20 heavy (non-hydrogen) atoms. The third kappa shape index (κ3) is 3.90. The Labute approximate surface area is 133 Å². The summed E-state index contributed by atoms with van der Waals surface area (Å²) >= 11 is 5.30. The summed E-state index contributed by atoms with van der Waals surface area (Å²) in [5, 5.41) is 4.44. The molecule has 0 bridgehead atoms. The van der Waals surface area contributed by atoms with Crippen molar-refractivity contribution >= 4 is 27.3 Å². The molecule has 1 aromatic heterocycles. The Hall–Kier alpha value is -0.710. The van der Waals surface area contributed by atoms with Crippen molar-refractivity contribution in [1.29, 1.82) is 0 Å². The van der Waals surface area contributed by atoms with Crippen molar-refractivity contribution in [2.75, 3.05) is 7.05 Å². The number of thiazole rings is 1. The second-order valence-electron chi connectivity index (χ2n) is 5.96. The first-order chi connectivity index (χ1) is 9.40. The predicted molar refractivity (Wildman–Crippen MR) is 90.5 cm³/mol. The minimum atomic E-state index is 0.0979. The van der Waals surface area contributed by atoms with Crippen LogP contribution in [-0.4, -0.2) is 12.0 Å². The van der Waals surface area contributed by atoms with E-state index in [2.05, 4.69) is 66.3 Å². The zero-order valence-electron chi connectivity index (χ0n) is 12.5. The highest BCUT2D eigenvalue weighted by molar-refractivity contribution is 9.10. The number of nitrogens with zero attached hydrogens (tertiary/aromatic N) is 1. The summed E-state index contributed by atoms with van der Waals surface area (Å²) in [5.74, 6) is 0. The van der Waals surface area contributed by atoms with Crippen LogP contribution in [0, 0.1) is 0 Å². The standard InChI is InChI=1S/C16H21BrN2S/c1-16(2,3)15-13(10-18-4)20-14(19-15)9-11-5-7-12(17)8-6-11/h5-8,18H,9-10H2,1-4H3. The molecule has 0 fully saturated rings. The number of nitrogens with one attached hydrogen (secondary N) is 1. The molecular weight excluding hydrogens is 332 g/mol. The largest absolute Gasteiger partial charge is 0.315 e. The molecule has 0 aliphatic carbocycles. The normalized spacial score (nSPS) is 11.8. The summed E-state index contributed by atoms with van der Waals surface area (Å²) in [5.41, 5.74) is 2.63. The maximum atomic E-state index is 4.88. The molecule has 0 atom stereocenters. The first kappa shape index (κ1) is 15.7. The highest BCUT2D eigenvalue weighted by Gasteiger charge is 2.22. The molecule has 2 nitrogen and oxygen atoms in total. The van der Waals surface area contributed by atoms with Crippen molar-refractivity contribution < 1.29 is 0 Å². The maximum Gasteiger partial charge on any atom is 0.0975 e. The Kier molecular flexibility index (Phi) is 4.99. The number of rotatable bonds is 4. The molecule has 2 rings (SSSR count). The van der Waals surface area contributed by atoms with Gasteiger partial charge in [-0.1, -0.05) is 48.8 Å². The van der Waals surface area contributed by atoms with E-state index in [0.717, 1.165) is 17.4 Å². The van der Waals surface area contributed by atoms with Crippen molar-refractivity contribution in [3.63, 3.8) is 0 Å². The van der Waals surface area contributed by atoms with E-state index in [0.29, 0.717) is 0 Å².